The molecule has 0 aliphatic heterocycles. The SMILES string of the molecule is CC(S)N(CCCNCCCN(CCc1ccccc1)C(C)S)CCc1ccccc1. The average Bonchev–Trinajstić information content (AvgIpc) is 2.78. The monoisotopic (exact) mass is 459 g/mol. The minimum atomic E-state index is 0.291. The Morgan fingerprint density at radius 2 is 1.03 bits per heavy atom. The van der Waals surface area contributed by atoms with Crippen molar-refractivity contribution < 1.29 is 0 Å². The first kappa shape index (κ1) is 26.3. The fourth-order valence-corrected chi connectivity index (χ4v) is 4.21. The molecule has 2 unspecified atom stereocenters. The van der Waals surface area contributed by atoms with Crippen LogP contribution in [0.5, 0.6) is 0 Å². The third kappa shape index (κ3) is 11.4. The molecule has 2 aromatic rings. The molecule has 0 radical (unpaired) electrons. The first-order valence-corrected chi connectivity index (χ1v) is 12.7. The van der Waals surface area contributed by atoms with Crippen LogP contribution in [0.25, 0.3) is 0 Å². The highest BCUT2D eigenvalue weighted by atomic mass is 32.1. The lowest BCUT2D eigenvalue weighted by atomic mass is 10.1. The molecule has 0 aliphatic carbocycles. The van der Waals surface area contributed by atoms with E-state index in [9.17, 15) is 0 Å². The molecule has 0 amide bonds. The Bertz CT molecular complexity index is 620. The summed E-state index contributed by atoms with van der Waals surface area (Å²) in [4.78, 5) is 4.93. The van der Waals surface area contributed by atoms with Crippen LogP contribution in [0.2, 0.25) is 0 Å². The van der Waals surface area contributed by atoms with Crippen molar-refractivity contribution in [2.75, 3.05) is 39.3 Å². The van der Waals surface area contributed by atoms with E-state index in [0.717, 1.165) is 65.0 Å². The second kappa shape index (κ2) is 15.8. The summed E-state index contributed by atoms with van der Waals surface area (Å²) < 4.78 is 0. The summed E-state index contributed by atoms with van der Waals surface area (Å²) in [6.07, 6.45) is 4.47. The normalized spacial score (nSPS) is 13.6. The zero-order valence-electron chi connectivity index (χ0n) is 19.3. The van der Waals surface area contributed by atoms with Crippen LogP contribution in [0.15, 0.2) is 60.7 Å². The maximum absolute atomic E-state index is 4.68. The van der Waals surface area contributed by atoms with E-state index in [0.29, 0.717) is 10.7 Å². The van der Waals surface area contributed by atoms with E-state index in [2.05, 4.69) is 115 Å². The summed E-state index contributed by atoms with van der Waals surface area (Å²) in [5.41, 5.74) is 2.80. The van der Waals surface area contributed by atoms with Crippen molar-refractivity contribution in [2.24, 2.45) is 0 Å². The van der Waals surface area contributed by atoms with Crippen LogP contribution in [0.4, 0.5) is 0 Å². The Kier molecular flexibility index (Phi) is 13.4. The number of benzene rings is 2. The Hall–Kier alpha value is -0.980. The number of hydrogen-bond donors (Lipinski definition) is 3. The molecule has 0 aromatic heterocycles. The van der Waals surface area contributed by atoms with Gasteiger partial charge in [0.15, 0.2) is 0 Å². The fourth-order valence-electron chi connectivity index (χ4n) is 3.75. The minimum Gasteiger partial charge on any atom is -0.317 e. The van der Waals surface area contributed by atoms with Gasteiger partial charge >= 0.3 is 0 Å². The molecular weight excluding hydrogens is 418 g/mol. The van der Waals surface area contributed by atoms with Crippen molar-refractivity contribution in [3.63, 3.8) is 0 Å². The van der Waals surface area contributed by atoms with Crippen LogP contribution in [0.3, 0.4) is 0 Å². The van der Waals surface area contributed by atoms with Gasteiger partial charge in [0.1, 0.15) is 0 Å². The van der Waals surface area contributed by atoms with Gasteiger partial charge in [-0.1, -0.05) is 60.7 Å². The Balaban J connectivity index is 1.57. The van der Waals surface area contributed by atoms with Gasteiger partial charge in [-0.2, -0.15) is 25.3 Å². The zero-order valence-corrected chi connectivity index (χ0v) is 21.1. The Morgan fingerprint density at radius 1 is 0.645 bits per heavy atom. The van der Waals surface area contributed by atoms with Crippen LogP contribution in [-0.4, -0.2) is 59.8 Å². The topological polar surface area (TPSA) is 18.5 Å². The molecular formula is C26H41N3S2. The van der Waals surface area contributed by atoms with E-state index in [1.807, 2.05) is 0 Å². The number of thiol groups is 2. The lowest BCUT2D eigenvalue weighted by Gasteiger charge is -2.26. The smallest absolute Gasteiger partial charge is 0.0499 e. The third-order valence-corrected chi connectivity index (χ3v) is 6.37. The van der Waals surface area contributed by atoms with E-state index >= 15 is 0 Å². The Labute approximate surface area is 201 Å². The number of nitrogens with zero attached hydrogens (tertiary/aromatic N) is 2. The summed E-state index contributed by atoms with van der Waals surface area (Å²) in [6.45, 7) is 10.7. The van der Waals surface area contributed by atoms with Crippen molar-refractivity contribution >= 4 is 25.3 Å². The average molecular weight is 460 g/mol. The van der Waals surface area contributed by atoms with E-state index in [1.165, 1.54) is 11.1 Å². The van der Waals surface area contributed by atoms with Crippen molar-refractivity contribution in [1.29, 1.82) is 0 Å². The molecule has 0 fully saturated rings. The van der Waals surface area contributed by atoms with Gasteiger partial charge in [0.2, 0.25) is 0 Å². The first-order chi connectivity index (χ1) is 15.1. The number of nitrogens with one attached hydrogen (secondary N) is 1. The van der Waals surface area contributed by atoms with Crippen LogP contribution >= 0.6 is 25.3 Å². The molecule has 0 spiro atoms. The van der Waals surface area contributed by atoms with Gasteiger partial charge < -0.3 is 5.32 Å². The zero-order chi connectivity index (χ0) is 22.3. The molecule has 172 valence electrons. The molecule has 1 N–H and O–H groups in total. The predicted molar refractivity (Wildman–Crippen MR) is 142 cm³/mol. The molecule has 2 aromatic carbocycles. The molecule has 0 saturated heterocycles. The van der Waals surface area contributed by atoms with Gasteiger partial charge in [-0.25, -0.2) is 0 Å². The summed E-state index contributed by atoms with van der Waals surface area (Å²) in [7, 11) is 0. The highest BCUT2D eigenvalue weighted by molar-refractivity contribution is 7.81. The summed E-state index contributed by atoms with van der Waals surface area (Å²) in [5, 5.41) is 4.20. The van der Waals surface area contributed by atoms with Crippen molar-refractivity contribution in [1.82, 2.24) is 15.1 Å². The van der Waals surface area contributed by atoms with E-state index in [4.69, 9.17) is 0 Å². The van der Waals surface area contributed by atoms with Crippen LogP contribution in [0, 0.1) is 0 Å². The lowest BCUT2D eigenvalue weighted by molar-refractivity contribution is 0.260. The maximum Gasteiger partial charge on any atom is 0.0499 e. The van der Waals surface area contributed by atoms with Gasteiger partial charge in [-0.3, -0.25) is 9.80 Å². The molecule has 2 rings (SSSR count). The van der Waals surface area contributed by atoms with Gasteiger partial charge in [0.05, 0.1) is 0 Å². The highest BCUT2D eigenvalue weighted by Gasteiger charge is 2.11. The van der Waals surface area contributed by atoms with Gasteiger partial charge in [0, 0.05) is 36.9 Å². The van der Waals surface area contributed by atoms with Crippen LogP contribution in [0.1, 0.15) is 37.8 Å². The molecule has 0 bridgehead atoms. The quantitative estimate of drug-likeness (QED) is 0.187. The molecule has 2 atom stereocenters. The summed E-state index contributed by atoms with van der Waals surface area (Å²) >= 11 is 9.36. The lowest BCUT2D eigenvalue weighted by Crippen LogP contribution is -2.35. The van der Waals surface area contributed by atoms with Crippen molar-refractivity contribution in [3.8, 4) is 0 Å². The molecule has 0 saturated carbocycles. The fraction of sp³-hybridized carbons (Fsp3) is 0.538. The van der Waals surface area contributed by atoms with Gasteiger partial charge in [-0.15, -0.1) is 0 Å². The summed E-state index contributed by atoms with van der Waals surface area (Å²) in [6, 6.07) is 21.4. The van der Waals surface area contributed by atoms with E-state index in [1.54, 1.807) is 0 Å². The number of rotatable bonds is 16. The third-order valence-electron chi connectivity index (χ3n) is 5.72. The van der Waals surface area contributed by atoms with Crippen molar-refractivity contribution in [2.45, 2.75) is 50.3 Å². The second-order valence-electron chi connectivity index (χ2n) is 8.26. The first-order valence-electron chi connectivity index (χ1n) is 11.7. The highest BCUT2D eigenvalue weighted by Crippen LogP contribution is 2.09. The van der Waals surface area contributed by atoms with Crippen LogP contribution < -0.4 is 5.32 Å². The van der Waals surface area contributed by atoms with E-state index in [-0.39, 0.29) is 0 Å². The minimum absolute atomic E-state index is 0.291. The molecule has 0 heterocycles. The molecule has 0 aliphatic rings. The largest absolute Gasteiger partial charge is 0.317 e. The van der Waals surface area contributed by atoms with Crippen molar-refractivity contribution in [3.05, 3.63) is 71.8 Å². The second-order valence-corrected chi connectivity index (χ2v) is 9.76. The molecule has 5 heteroatoms. The standard InChI is InChI=1S/C26H41N3S2/c1-23(30)28(21-15-25-11-5-3-6-12-25)19-9-17-27-18-10-20-29(24(2)31)22-16-26-13-7-4-8-14-26/h3-8,11-14,23-24,27,30-31H,9-10,15-22H2,1-2H3. The van der Waals surface area contributed by atoms with E-state index < -0.39 is 0 Å². The maximum atomic E-state index is 4.68. The molecule has 3 nitrogen and oxygen atoms in total. The van der Waals surface area contributed by atoms with Gasteiger partial charge in [-0.05, 0) is 63.7 Å². The Morgan fingerprint density at radius 3 is 1.39 bits per heavy atom. The summed E-state index contributed by atoms with van der Waals surface area (Å²) in [5.74, 6) is 0. The number of hydrogen-bond acceptors (Lipinski definition) is 5. The van der Waals surface area contributed by atoms with Crippen LogP contribution in [-0.2, 0) is 12.8 Å². The van der Waals surface area contributed by atoms with Gasteiger partial charge in [0.25, 0.3) is 0 Å². The predicted octanol–water partition coefficient (Wildman–Crippen LogP) is 5.00. The molecule has 31 heavy (non-hydrogen) atoms.